The van der Waals surface area contributed by atoms with Gasteiger partial charge < -0.3 is 5.32 Å². The summed E-state index contributed by atoms with van der Waals surface area (Å²) in [6, 6.07) is 11.4. The van der Waals surface area contributed by atoms with E-state index in [9.17, 15) is 0 Å². The first-order valence-electron chi connectivity index (χ1n) is 5.76. The molecule has 1 aromatic heterocycles. The molecule has 0 radical (unpaired) electrons. The number of hydrogen-bond acceptors (Lipinski definition) is 2. The molecule has 0 fully saturated rings. The zero-order valence-corrected chi connectivity index (χ0v) is 12.4. The fraction of sp³-hybridized carbons (Fsp3) is 0.286. The minimum atomic E-state index is 0.454. The van der Waals surface area contributed by atoms with E-state index in [2.05, 4.69) is 63.9 Å². The van der Waals surface area contributed by atoms with Gasteiger partial charge in [0.2, 0.25) is 0 Å². The molecule has 0 aliphatic heterocycles. The zero-order valence-electron chi connectivity index (χ0n) is 10.0. The van der Waals surface area contributed by atoms with Gasteiger partial charge in [0.1, 0.15) is 0 Å². The fourth-order valence-corrected chi connectivity index (χ4v) is 3.58. The van der Waals surface area contributed by atoms with Crippen LogP contribution in [0.1, 0.15) is 24.9 Å². The molecule has 0 aliphatic rings. The van der Waals surface area contributed by atoms with Crippen molar-refractivity contribution in [1.29, 1.82) is 0 Å². The number of thiophene rings is 1. The highest BCUT2D eigenvalue weighted by Crippen LogP contribution is 2.34. The first-order chi connectivity index (χ1) is 8.26. The van der Waals surface area contributed by atoms with Gasteiger partial charge >= 0.3 is 0 Å². The summed E-state index contributed by atoms with van der Waals surface area (Å²) in [5, 5.41) is 5.43. The Hall–Kier alpha value is -0.640. The van der Waals surface area contributed by atoms with Crippen LogP contribution in [0.3, 0.4) is 0 Å². The summed E-state index contributed by atoms with van der Waals surface area (Å²) in [5.41, 5.74) is 2.63. The molecule has 0 amide bonds. The molecule has 3 heteroatoms. The molecule has 1 aromatic carbocycles. The molecule has 1 unspecified atom stereocenters. The SMILES string of the molecule is CCC(NC)c1ccc(-c2sccc2Br)cc1. The molecule has 0 bridgehead atoms. The van der Waals surface area contributed by atoms with Crippen molar-refractivity contribution >= 4 is 27.3 Å². The third kappa shape index (κ3) is 2.79. The summed E-state index contributed by atoms with van der Waals surface area (Å²) in [6.45, 7) is 2.20. The van der Waals surface area contributed by atoms with E-state index in [4.69, 9.17) is 0 Å². The predicted molar refractivity (Wildman–Crippen MR) is 79.5 cm³/mol. The van der Waals surface area contributed by atoms with Crippen LogP contribution in [-0.4, -0.2) is 7.05 Å². The summed E-state index contributed by atoms with van der Waals surface area (Å²) in [7, 11) is 2.01. The highest BCUT2D eigenvalue weighted by atomic mass is 79.9. The third-order valence-corrected chi connectivity index (χ3v) is 4.84. The maximum absolute atomic E-state index is 3.58. The Kier molecular flexibility index (Phi) is 4.37. The molecule has 17 heavy (non-hydrogen) atoms. The van der Waals surface area contributed by atoms with Gasteiger partial charge in [0.15, 0.2) is 0 Å². The van der Waals surface area contributed by atoms with Gasteiger partial charge in [0, 0.05) is 15.4 Å². The van der Waals surface area contributed by atoms with E-state index < -0.39 is 0 Å². The first kappa shape index (κ1) is 12.8. The second-order valence-electron chi connectivity index (χ2n) is 3.97. The lowest BCUT2D eigenvalue weighted by atomic mass is 10.0. The Morgan fingerprint density at radius 2 is 1.94 bits per heavy atom. The lowest BCUT2D eigenvalue weighted by Crippen LogP contribution is -2.14. The van der Waals surface area contributed by atoms with Gasteiger partial charge in [-0.1, -0.05) is 31.2 Å². The van der Waals surface area contributed by atoms with Crippen LogP contribution < -0.4 is 5.32 Å². The number of nitrogens with one attached hydrogen (secondary N) is 1. The summed E-state index contributed by atoms with van der Waals surface area (Å²) >= 11 is 5.34. The normalized spacial score (nSPS) is 12.6. The van der Waals surface area contributed by atoms with E-state index in [1.54, 1.807) is 11.3 Å². The molecule has 90 valence electrons. The Morgan fingerprint density at radius 3 is 2.41 bits per heavy atom. The van der Waals surface area contributed by atoms with Gasteiger partial charge in [0.05, 0.1) is 0 Å². The number of hydrogen-bond donors (Lipinski definition) is 1. The van der Waals surface area contributed by atoms with Crippen molar-refractivity contribution in [1.82, 2.24) is 5.32 Å². The van der Waals surface area contributed by atoms with Crippen LogP contribution in [0.25, 0.3) is 10.4 Å². The van der Waals surface area contributed by atoms with E-state index >= 15 is 0 Å². The minimum Gasteiger partial charge on any atom is -0.313 e. The quantitative estimate of drug-likeness (QED) is 0.851. The average molecular weight is 310 g/mol. The monoisotopic (exact) mass is 309 g/mol. The van der Waals surface area contributed by atoms with Crippen molar-refractivity contribution in [3.63, 3.8) is 0 Å². The maximum atomic E-state index is 3.58. The summed E-state index contributed by atoms with van der Waals surface area (Å²) < 4.78 is 1.18. The summed E-state index contributed by atoms with van der Waals surface area (Å²) in [4.78, 5) is 1.30. The van der Waals surface area contributed by atoms with Crippen molar-refractivity contribution in [2.75, 3.05) is 7.05 Å². The van der Waals surface area contributed by atoms with E-state index in [0.29, 0.717) is 6.04 Å². The Balaban J connectivity index is 2.27. The van der Waals surface area contributed by atoms with E-state index in [1.807, 2.05) is 7.05 Å². The fourth-order valence-electron chi connectivity index (χ4n) is 1.97. The number of halogens is 1. The number of benzene rings is 1. The molecule has 0 saturated carbocycles. The molecular weight excluding hydrogens is 294 g/mol. The van der Waals surface area contributed by atoms with Gasteiger partial charge in [-0.05, 0) is 52.0 Å². The molecule has 1 atom stereocenters. The second-order valence-corrected chi connectivity index (χ2v) is 5.74. The Morgan fingerprint density at radius 1 is 1.24 bits per heavy atom. The Labute approximate surface area is 115 Å². The minimum absolute atomic E-state index is 0.454. The lowest BCUT2D eigenvalue weighted by molar-refractivity contribution is 0.577. The maximum Gasteiger partial charge on any atom is 0.0484 e. The highest BCUT2D eigenvalue weighted by molar-refractivity contribution is 9.10. The van der Waals surface area contributed by atoms with E-state index in [0.717, 1.165) is 6.42 Å². The molecule has 0 spiro atoms. The Bertz CT molecular complexity index is 471. The van der Waals surface area contributed by atoms with Crippen molar-refractivity contribution in [2.24, 2.45) is 0 Å². The molecule has 1 N–H and O–H groups in total. The van der Waals surface area contributed by atoms with Crippen molar-refractivity contribution in [3.8, 4) is 10.4 Å². The van der Waals surface area contributed by atoms with Crippen molar-refractivity contribution in [2.45, 2.75) is 19.4 Å². The predicted octanol–water partition coefficient (Wildman–Crippen LogP) is 4.85. The molecule has 1 nitrogen and oxygen atoms in total. The average Bonchev–Trinajstić information content (AvgIpc) is 2.78. The van der Waals surface area contributed by atoms with Crippen LogP contribution in [0.4, 0.5) is 0 Å². The largest absolute Gasteiger partial charge is 0.313 e. The van der Waals surface area contributed by atoms with Gasteiger partial charge in [-0.25, -0.2) is 0 Å². The van der Waals surface area contributed by atoms with Crippen LogP contribution in [0.2, 0.25) is 0 Å². The first-order valence-corrected chi connectivity index (χ1v) is 7.44. The highest BCUT2D eigenvalue weighted by Gasteiger charge is 2.08. The molecule has 1 heterocycles. The molecule has 0 saturated heterocycles. The summed E-state index contributed by atoms with van der Waals surface area (Å²) in [5.74, 6) is 0. The summed E-state index contributed by atoms with van der Waals surface area (Å²) in [6.07, 6.45) is 1.11. The smallest absolute Gasteiger partial charge is 0.0484 e. The van der Waals surface area contributed by atoms with Crippen LogP contribution in [-0.2, 0) is 0 Å². The van der Waals surface area contributed by atoms with Gasteiger partial charge in [0.25, 0.3) is 0 Å². The van der Waals surface area contributed by atoms with Crippen LogP contribution in [0.15, 0.2) is 40.2 Å². The van der Waals surface area contributed by atoms with Gasteiger partial charge in [-0.15, -0.1) is 11.3 Å². The molecular formula is C14H16BrNS. The van der Waals surface area contributed by atoms with E-state index in [1.165, 1.54) is 20.5 Å². The molecule has 0 aliphatic carbocycles. The van der Waals surface area contributed by atoms with Gasteiger partial charge in [-0.3, -0.25) is 0 Å². The molecule has 2 rings (SSSR count). The van der Waals surface area contributed by atoms with Gasteiger partial charge in [-0.2, -0.15) is 0 Å². The third-order valence-electron chi connectivity index (χ3n) is 2.95. The lowest BCUT2D eigenvalue weighted by Gasteiger charge is -2.14. The van der Waals surface area contributed by atoms with Crippen molar-refractivity contribution in [3.05, 3.63) is 45.7 Å². The van der Waals surface area contributed by atoms with E-state index in [-0.39, 0.29) is 0 Å². The zero-order chi connectivity index (χ0) is 12.3. The van der Waals surface area contributed by atoms with Crippen molar-refractivity contribution < 1.29 is 0 Å². The van der Waals surface area contributed by atoms with Crippen LogP contribution in [0, 0.1) is 0 Å². The molecule has 2 aromatic rings. The van der Waals surface area contributed by atoms with Crippen LogP contribution in [0.5, 0.6) is 0 Å². The topological polar surface area (TPSA) is 12.0 Å². The van der Waals surface area contributed by atoms with Crippen LogP contribution >= 0.6 is 27.3 Å². The second kappa shape index (κ2) is 5.80. The standard InChI is InChI=1S/C14H16BrNS/c1-3-13(16-2)10-4-6-11(7-5-10)14-12(15)8-9-17-14/h4-9,13,16H,3H2,1-2H3. The number of rotatable bonds is 4.